The number of thiophene rings is 1. The maximum absolute atomic E-state index is 12.3. The first kappa shape index (κ1) is 20.7. The Labute approximate surface area is 174 Å². The van der Waals surface area contributed by atoms with Gasteiger partial charge in [0.2, 0.25) is 0 Å². The number of ether oxygens (including phenoxy) is 2. The van der Waals surface area contributed by atoms with Crippen molar-refractivity contribution < 1.29 is 23.9 Å². The largest absolute Gasteiger partial charge is 0.468 e. The summed E-state index contributed by atoms with van der Waals surface area (Å²) in [6.07, 6.45) is 3.07. The molecule has 2 aromatic heterocycles. The average Bonchev–Trinajstić information content (AvgIpc) is 3.34. The number of nitrogens with zero attached hydrogens (tertiary/aromatic N) is 2. The molecule has 2 heterocycles. The quantitative estimate of drug-likeness (QED) is 0.443. The fourth-order valence-electron chi connectivity index (χ4n) is 2.52. The van der Waals surface area contributed by atoms with Gasteiger partial charge in [0.15, 0.2) is 4.80 Å². The van der Waals surface area contributed by atoms with E-state index in [2.05, 4.69) is 4.99 Å². The molecule has 0 spiro atoms. The van der Waals surface area contributed by atoms with E-state index in [0.29, 0.717) is 20.6 Å². The first-order chi connectivity index (χ1) is 14.0. The van der Waals surface area contributed by atoms with E-state index in [-0.39, 0.29) is 13.2 Å². The highest BCUT2D eigenvalue weighted by atomic mass is 32.1. The first-order valence-corrected chi connectivity index (χ1v) is 10.4. The summed E-state index contributed by atoms with van der Waals surface area (Å²) in [7, 11) is 1.29. The summed E-state index contributed by atoms with van der Waals surface area (Å²) in [6.45, 7) is 1.91. The molecule has 0 saturated heterocycles. The van der Waals surface area contributed by atoms with E-state index in [1.54, 1.807) is 35.8 Å². The van der Waals surface area contributed by atoms with Gasteiger partial charge in [0.05, 0.1) is 29.5 Å². The average molecular weight is 431 g/mol. The fraction of sp³-hybridized carbons (Fsp3) is 0.200. The van der Waals surface area contributed by atoms with E-state index >= 15 is 0 Å². The predicted molar refractivity (Wildman–Crippen MR) is 112 cm³/mol. The molecule has 0 aliphatic rings. The summed E-state index contributed by atoms with van der Waals surface area (Å²) >= 11 is 2.72. The second kappa shape index (κ2) is 9.44. The molecule has 0 N–H and O–H groups in total. The van der Waals surface area contributed by atoms with Gasteiger partial charge in [-0.2, -0.15) is 4.99 Å². The normalized spacial score (nSPS) is 11.9. The van der Waals surface area contributed by atoms with Crippen LogP contribution in [0.5, 0.6) is 0 Å². The summed E-state index contributed by atoms with van der Waals surface area (Å²) in [4.78, 5) is 41.6. The smallest absolute Gasteiger partial charge is 0.338 e. The first-order valence-electron chi connectivity index (χ1n) is 8.69. The van der Waals surface area contributed by atoms with Crippen molar-refractivity contribution in [2.24, 2.45) is 4.99 Å². The molecule has 29 heavy (non-hydrogen) atoms. The van der Waals surface area contributed by atoms with Crippen molar-refractivity contribution >= 4 is 56.8 Å². The van der Waals surface area contributed by atoms with E-state index in [1.165, 1.54) is 35.9 Å². The van der Waals surface area contributed by atoms with Crippen LogP contribution in [-0.4, -0.2) is 36.1 Å². The lowest BCUT2D eigenvalue weighted by Gasteiger charge is -2.04. The van der Waals surface area contributed by atoms with Gasteiger partial charge in [0, 0.05) is 11.0 Å². The number of benzene rings is 1. The van der Waals surface area contributed by atoms with E-state index in [9.17, 15) is 14.4 Å². The number of amides is 1. The van der Waals surface area contributed by atoms with Crippen molar-refractivity contribution in [2.45, 2.75) is 13.5 Å². The molecule has 0 fully saturated rings. The standard InChI is InChI=1S/C20H18N2O5S2/c1-3-27-19(25)13-6-8-15-16(11-13)29-20(22(15)12-18(24)26-2)21-17(23)9-7-14-5-4-10-28-14/h4-11H,3,12H2,1-2H3/b9-7+,21-20?. The lowest BCUT2D eigenvalue weighted by Crippen LogP contribution is -2.22. The zero-order valence-corrected chi connectivity index (χ0v) is 17.4. The van der Waals surface area contributed by atoms with Crippen molar-refractivity contribution in [3.63, 3.8) is 0 Å². The molecule has 7 nitrogen and oxygen atoms in total. The highest BCUT2D eigenvalue weighted by Gasteiger charge is 2.14. The Kier molecular flexibility index (Phi) is 6.73. The van der Waals surface area contributed by atoms with Gasteiger partial charge < -0.3 is 14.0 Å². The molecule has 0 saturated carbocycles. The number of thiazole rings is 1. The minimum Gasteiger partial charge on any atom is -0.468 e. The van der Waals surface area contributed by atoms with Crippen LogP contribution in [0.3, 0.4) is 0 Å². The van der Waals surface area contributed by atoms with E-state index < -0.39 is 17.8 Å². The van der Waals surface area contributed by atoms with Gasteiger partial charge in [-0.25, -0.2) is 4.79 Å². The van der Waals surface area contributed by atoms with Crippen molar-refractivity contribution in [3.8, 4) is 0 Å². The van der Waals surface area contributed by atoms with E-state index in [1.807, 2.05) is 17.5 Å². The van der Waals surface area contributed by atoms with Gasteiger partial charge in [0.25, 0.3) is 5.91 Å². The second-order valence-electron chi connectivity index (χ2n) is 5.75. The summed E-state index contributed by atoms with van der Waals surface area (Å²) in [6, 6.07) is 8.76. The Morgan fingerprint density at radius 3 is 2.76 bits per heavy atom. The van der Waals surface area contributed by atoms with Crippen molar-refractivity contribution in [2.75, 3.05) is 13.7 Å². The molecule has 0 aliphatic carbocycles. The second-order valence-corrected chi connectivity index (χ2v) is 7.74. The highest BCUT2D eigenvalue weighted by Crippen LogP contribution is 2.20. The van der Waals surface area contributed by atoms with Crippen LogP contribution in [0.25, 0.3) is 16.3 Å². The summed E-state index contributed by atoms with van der Waals surface area (Å²) in [5.41, 5.74) is 1.06. The number of rotatable bonds is 6. The number of carbonyl (C=O) groups excluding carboxylic acids is 3. The molecule has 3 aromatic rings. The van der Waals surface area contributed by atoms with Crippen LogP contribution < -0.4 is 4.80 Å². The molecule has 0 atom stereocenters. The maximum atomic E-state index is 12.3. The number of hydrogen-bond acceptors (Lipinski definition) is 7. The van der Waals surface area contributed by atoms with Gasteiger partial charge in [-0.1, -0.05) is 17.4 Å². The Morgan fingerprint density at radius 1 is 1.24 bits per heavy atom. The number of carbonyl (C=O) groups is 3. The van der Waals surface area contributed by atoms with Gasteiger partial charge in [0.1, 0.15) is 6.54 Å². The lowest BCUT2D eigenvalue weighted by molar-refractivity contribution is -0.141. The maximum Gasteiger partial charge on any atom is 0.338 e. The Hall–Kier alpha value is -3.04. The van der Waals surface area contributed by atoms with Crippen LogP contribution in [0.15, 0.2) is 46.8 Å². The highest BCUT2D eigenvalue weighted by molar-refractivity contribution is 7.16. The predicted octanol–water partition coefficient (Wildman–Crippen LogP) is 3.25. The summed E-state index contributed by atoms with van der Waals surface area (Å²) in [5, 5.41) is 1.92. The minimum atomic E-state index is -0.470. The van der Waals surface area contributed by atoms with Crippen LogP contribution in [0.4, 0.5) is 0 Å². The van der Waals surface area contributed by atoms with Crippen LogP contribution in [-0.2, 0) is 25.6 Å². The number of aromatic nitrogens is 1. The van der Waals surface area contributed by atoms with Crippen LogP contribution in [0.1, 0.15) is 22.2 Å². The Morgan fingerprint density at radius 2 is 2.07 bits per heavy atom. The lowest BCUT2D eigenvalue weighted by atomic mass is 10.2. The van der Waals surface area contributed by atoms with Gasteiger partial charge >= 0.3 is 11.9 Å². The molecule has 3 rings (SSSR count). The molecular formula is C20H18N2O5S2. The third kappa shape index (κ3) is 5.07. The monoisotopic (exact) mass is 430 g/mol. The molecule has 0 aliphatic heterocycles. The molecular weight excluding hydrogens is 412 g/mol. The number of fused-ring (bicyclic) bond motifs is 1. The van der Waals surface area contributed by atoms with Gasteiger partial charge in [-0.05, 0) is 42.6 Å². The van der Waals surface area contributed by atoms with Gasteiger partial charge in [-0.3, -0.25) is 9.59 Å². The Balaban J connectivity index is 2.03. The third-order valence-electron chi connectivity index (χ3n) is 3.85. The number of hydrogen-bond donors (Lipinski definition) is 0. The fourth-order valence-corrected chi connectivity index (χ4v) is 4.21. The third-order valence-corrected chi connectivity index (χ3v) is 5.73. The summed E-state index contributed by atoms with van der Waals surface area (Å²) in [5.74, 6) is -1.35. The molecule has 0 bridgehead atoms. The molecule has 1 aromatic carbocycles. The van der Waals surface area contributed by atoms with Crippen LogP contribution >= 0.6 is 22.7 Å². The zero-order chi connectivity index (χ0) is 20.8. The molecule has 9 heteroatoms. The van der Waals surface area contributed by atoms with Crippen molar-refractivity contribution in [1.82, 2.24) is 4.57 Å². The van der Waals surface area contributed by atoms with E-state index in [4.69, 9.17) is 9.47 Å². The van der Waals surface area contributed by atoms with Crippen molar-refractivity contribution in [3.05, 3.63) is 57.0 Å². The Bertz CT molecular complexity index is 1140. The molecule has 1 amide bonds. The van der Waals surface area contributed by atoms with E-state index in [0.717, 1.165) is 4.88 Å². The molecule has 0 unspecified atom stereocenters. The summed E-state index contributed by atoms with van der Waals surface area (Å²) < 4.78 is 12.1. The number of esters is 2. The van der Waals surface area contributed by atoms with Gasteiger partial charge in [-0.15, -0.1) is 11.3 Å². The number of methoxy groups -OCH3 is 1. The van der Waals surface area contributed by atoms with Crippen LogP contribution in [0.2, 0.25) is 0 Å². The SMILES string of the molecule is CCOC(=O)c1ccc2c(c1)sc(=NC(=O)/C=C/c1cccs1)n2CC(=O)OC. The molecule has 150 valence electrons. The molecule has 0 radical (unpaired) electrons. The zero-order valence-electron chi connectivity index (χ0n) is 15.8. The topological polar surface area (TPSA) is 87.0 Å². The van der Waals surface area contributed by atoms with Crippen LogP contribution in [0, 0.1) is 0 Å². The van der Waals surface area contributed by atoms with Crippen molar-refractivity contribution in [1.29, 1.82) is 0 Å². The minimum absolute atomic E-state index is 0.101.